The van der Waals surface area contributed by atoms with E-state index in [-0.39, 0.29) is 11.0 Å². The first-order chi connectivity index (χ1) is 9.05. The van der Waals surface area contributed by atoms with Crippen LogP contribution in [0, 0.1) is 0 Å². The summed E-state index contributed by atoms with van der Waals surface area (Å²) in [7, 11) is 1.62. The minimum absolute atomic E-state index is 0.101. The Kier molecular flexibility index (Phi) is 5.21. The van der Waals surface area contributed by atoms with Crippen LogP contribution in [-0.2, 0) is 25.1 Å². The van der Waals surface area contributed by atoms with Gasteiger partial charge in [0, 0.05) is 17.3 Å². The van der Waals surface area contributed by atoms with E-state index in [0.717, 1.165) is 25.0 Å². The maximum absolute atomic E-state index is 11.2. The summed E-state index contributed by atoms with van der Waals surface area (Å²) in [4.78, 5) is 0.101. The number of halogens is 1. The molecule has 0 bridgehead atoms. The van der Waals surface area contributed by atoms with E-state index in [1.165, 1.54) is 18.6 Å². The molecule has 1 unspecified atom stereocenters. The lowest BCUT2D eigenvalue weighted by atomic mass is 10.1. The predicted molar refractivity (Wildman–Crippen MR) is 72.7 cm³/mol. The molecule has 1 heterocycles. The van der Waals surface area contributed by atoms with E-state index in [2.05, 4.69) is 0 Å². The Morgan fingerprint density at radius 1 is 1.37 bits per heavy atom. The molecule has 0 spiro atoms. The van der Waals surface area contributed by atoms with Gasteiger partial charge in [0.2, 0.25) is 0 Å². The molecule has 106 valence electrons. The third kappa shape index (κ3) is 4.76. The summed E-state index contributed by atoms with van der Waals surface area (Å²) in [5, 5.41) is 0. The van der Waals surface area contributed by atoms with E-state index in [9.17, 15) is 8.42 Å². The smallest absolute Gasteiger partial charge is 0.261 e. The Morgan fingerprint density at radius 3 is 2.89 bits per heavy atom. The second kappa shape index (κ2) is 6.70. The van der Waals surface area contributed by atoms with Gasteiger partial charge in [0.05, 0.1) is 24.2 Å². The quantitative estimate of drug-likeness (QED) is 0.785. The molecule has 0 radical (unpaired) electrons. The molecular formula is C13H17ClO4S. The average molecular weight is 305 g/mol. The standard InChI is InChI=1S/C13H17ClO4S/c14-19(15,16)13-6-3-4-11(8-13)9-17-10-12-5-1-2-7-18-12/h3-4,6,8,12H,1-2,5,7,9-10H2. The summed E-state index contributed by atoms with van der Waals surface area (Å²) in [6.45, 7) is 1.70. The fourth-order valence-electron chi connectivity index (χ4n) is 2.03. The zero-order valence-electron chi connectivity index (χ0n) is 10.5. The summed E-state index contributed by atoms with van der Waals surface area (Å²) in [6.07, 6.45) is 3.48. The molecule has 19 heavy (non-hydrogen) atoms. The molecule has 0 saturated carbocycles. The minimum Gasteiger partial charge on any atom is -0.376 e. The highest BCUT2D eigenvalue weighted by Crippen LogP contribution is 2.17. The van der Waals surface area contributed by atoms with E-state index in [4.69, 9.17) is 20.2 Å². The molecule has 1 aliphatic rings. The second-order valence-corrected chi connectivity index (χ2v) is 7.15. The molecule has 2 rings (SSSR count). The van der Waals surface area contributed by atoms with Crippen LogP contribution >= 0.6 is 10.7 Å². The van der Waals surface area contributed by atoms with Crippen molar-refractivity contribution in [3.8, 4) is 0 Å². The maximum Gasteiger partial charge on any atom is 0.261 e. The van der Waals surface area contributed by atoms with Gasteiger partial charge in [-0.25, -0.2) is 8.42 Å². The van der Waals surface area contributed by atoms with Gasteiger partial charge in [-0.2, -0.15) is 0 Å². The van der Waals surface area contributed by atoms with Crippen molar-refractivity contribution >= 4 is 19.7 Å². The van der Waals surface area contributed by atoms with Crippen molar-refractivity contribution in [2.75, 3.05) is 13.2 Å². The highest BCUT2D eigenvalue weighted by molar-refractivity contribution is 8.13. The van der Waals surface area contributed by atoms with Gasteiger partial charge in [0.15, 0.2) is 0 Å². The predicted octanol–water partition coefficient (Wildman–Crippen LogP) is 2.70. The summed E-state index contributed by atoms with van der Waals surface area (Å²) in [5.41, 5.74) is 0.789. The number of benzene rings is 1. The molecule has 1 aromatic rings. The first kappa shape index (κ1) is 14.8. The SMILES string of the molecule is O=S(=O)(Cl)c1cccc(COCC2CCCCO2)c1. The van der Waals surface area contributed by atoms with Crippen molar-refractivity contribution in [3.05, 3.63) is 29.8 Å². The van der Waals surface area contributed by atoms with E-state index in [0.29, 0.717) is 13.2 Å². The van der Waals surface area contributed by atoms with Gasteiger partial charge in [-0.3, -0.25) is 0 Å². The molecule has 4 nitrogen and oxygen atoms in total. The van der Waals surface area contributed by atoms with Gasteiger partial charge in [-0.1, -0.05) is 12.1 Å². The van der Waals surface area contributed by atoms with Crippen molar-refractivity contribution < 1.29 is 17.9 Å². The molecule has 1 aliphatic heterocycles. The van der Waals surface area contributed by atoms with Crippen LogP contribution in [0.2, 0.25) is 0 Å². The number of hydrogen-bond donors (Lipinski definition) is 0. The second-order valence-electron chi connectivity index (χ2n) is 4.59. The Morgan fingerprint density at radius 2 is 2.21 bits per heavy atom. The summed E-state index contributed by atoms with van der Waals surface area (Å²) in [6, 6.07) is 6.47. The Hall–Kier alpha value is -0.620. The molecular weight excluding hydrogens is 288 g/mol. The molecule has 1 atom stereocenters. The molecule has 0 aliphatic carbocycles. The van der Waals surface area contributed by atoms with Gasteiger partial charge in [0.1, 0.15) is 0 Å². The van der Waals surface area contributed by atoms with E-state index >= 15 is 0 Å². The minimum atomic E-state index is -3.68. The largest absolute Gasteiger partial charge is 0.376 e. The van der Waals surface area contributed by atoms with E-state index in [1.54, 1.807) is 6.07 Å². The van der Waals surface area contributed by atoms with Gasteiger partial charge in [0.25, 0.3) is 9.05 Å². The average Bonchev–Trinajstić information content (AvgIpc) is 2.39. The van der Waals surface area contributed by atoms with Crippen LogP contribution < -0.4 is 0 Å². The normalized spacial score (nSPS) is 20.4. The highest BCUT2D eigenvalue weighted by Gasteiger charge is 2.14. The van der Waals surface area contributed by atoms with Crippen LogP contribution in [0.3, 0.4) is 0 Å². The van der Waals surface area contributed by atoms with E-state index < -0.39 is 9.05 Å². The van der Waals surface area contributed by atoms with Crippen LogP contribution in [0.1, 0.15) is 24.8 Å². The topological polar surface area (TPSA) is 52.6 Å². The Labute approximate surface area is 118 Å². The molecule has 0 N–H and O–H groups in total. The summed E-state index contributed by atoms with van der Waals surface area (Å²) < 4.78 is 33.5. The summed E-state index contributed by atoms with van der Waals surface area (Å²) in [5.74, 6) is 0. The van der Waals surface area contributed by atoms with Crippen LogP contribution in [0.15, 0.2) is 29.2 Å². The lowest BCUT2D eigenvalue weighted by Crippen LogP contribution is -2.24. The van der Waals surface area contributed by atoms with Crippen molar-refractivity contribution in [1.82, 2.24) is 0 Å². The third-order valence-corrected chi connectivity index (χ3v) is 4.38. The molecule has 0 aromatic heterocycles. The zero-order chi connectivity index (χ0) is 13.7. The van der Waals surface area contributed by atoms with Crippen molar-refractivity contribution in [2.45, 2.75) is 36.9 Å². The Balaban J connectivity index is 1.85. The van der Waals surface area contributed by atoms with Crippen molar-refractivity contribution in [3.63, 3.8) is 0 Å². The summed E-state index contributed by atoms with van der Waals surface area (Å²) >= 11 is 0. The maximum atomic E-state index is 11.2. The van der Waals surface area contributed by atoms with Crippen LogP contribution in [-0.4, -0.2) is 27.7 Å². The number of hydrogen-bond acceptors (Lipinski definition) is 4. The molecule has 1 fully saturated rings. The first-order valence-electron chi connectivity index (χ1n) is 6.28. The first-order valence-corrected chi connectivity index (χ1v) is 8.59. The van der Waals surface area contributed by atoms with Crippen LogP contribution in [0.25, 0.3) is 0 Å². The van der Waals surface area contributed by atoms with Gasteiger partial charge < -0.3 is 9.47 Å². The molecule has 1 aromatic carbocycles. The number of rotatable bonds is 5. The van der Waals surface area contributed by atoms with Crippen LogP contribution in [0.4, 0.5) is 0 Å². The van der Waals surface area contributed by atoms with Gasteiger partial charge in [-0.15, -0.1) is 0 Å². The number of ether oxygens (including phenoxy) is 2. The monoisotopic (exact) mass is 304 g/mol. The highest BCUT2D eigenvalue weighted by atomic mass is 35.7. The van der Waals surface area contributed by atoms with Gasteiger partial charge in [-0.05, 0) is 37.0 Å². The van der Waals surface area contributed by atoms with Crippen molar-refractivity contribution in [2.24, 2.45) is 0 Å². The Bertz CT molecular complexity index is 509. The lowest BCUT2D eigenvalue weighted by molar-refractivity contribution is -0.0447. The third-order valence-electron chi connectivity index (χ3n) is 3.03. The van der Waals surface area contributed by atoms with Crippen LogP contribution in [0.5, 0.6) is 0 Å². The molecule has 1 saturated heterocycles. The fourth-order valence-corrected chi connectivity index (χ4v) is 2.86. The van der Waals surface area contributed by atoms with Crippen molar-refractivity contribution in [1.29, 1.82) is 0 Å². The van der Waals surface area contributed by atoms with Gasteiger partial charge >= 0.3 is 0 Å². The zero-order valence-corrected chi connectivity index (χ0v) is 12.1. The molecule has 0 amide bonds. The molecule has 6 heteroatoms. The van der Waals surface area contributed by atoms with E-state index in [1.807, 2.05) is 6.07 Å². The fraction of sp³-hybridized carbons (Fsp3) is 0.538. The lowest BCUT2D eigenvalue weighted by Gasteiger charge is -2.22.